The highest BCUT2D eigenvalue weighted by Crippen LogP contribution is 2.08. The second-order valence-electron chi connectivity index (χ2n) is 3.83. The number of likely N-dealkylation sites (N-methyl/N-ethyl adjacent to an activating group) is 1. The van der Waals surface area contributed by atoms with Gasteiger partial charge in [0.2, 0.25) is 5.91 Å². The van der Waals surface area contributed by atoms with Crippen LogP contribution in [0, 0.1) is 6.92 Å². The van der Waals surface area contributed by atoms with Crippen LogP contribution in [0.1, 0.15) is 19.7 Å². The Bertz CT molecular complexity index is 347. The average molecular weight is 210 g/mol. The quantitative estimate of drug-likeness (QED) is 0.721. The number of carbonyl (C=O) groups excluding carboxylic acids is 1. The molecule has 1 atom stereocenters. The molecule has 0 spiro atoms. The number of primary amides is 1. The third kappa shape index (κ3) is 2.56. The fraction of sp³-hybridized carbons (Fsp3) is 0.600. The van der Waals surface area contributed by atoms with E-state index >= 15 is 0 Å². The monoisotopic (exact) mass is 210 g/mol. The van der Waals surface area contributed by atoms with Gasteiger partial charge < -0.3 is 15.6 Å². The molecule has 84 valence electrons. The first-order valence-corrected chi connectivity index (χ1v) is 5.02. The molecule has 0 saturated heterocycles. The van der Waals surface area contributed by atoms with Crippen molar-refractivity contribution in [1.82, 2.24) is 14.9 Å². The van der Waals surface area contributed by atoms with Crippen molar-refractivity contribution in [2.24, 2.45) is 5.73 Å². The van der Waals surface area contributed by atoms with Crippen LogP contribution in [0.3, 0.4) is 0 Å². The average Bonchev–Trinajstić information content (AvgIpc) is 2.52. The van der Waals surface area contributed by atoms with Gasteiger partial charge in [-0.25, -0.2) is 4.98 Å². The summed E-state index contributed by atoms with van der Waals surface area (Å²) >= 11 is 0. The number of hydrogen-bond acceptors (Lipinski definition) is 3. The molecular formula is C10H18N4O. The molecule has 0 saturated carbocycles. The van der Waals surface area contributed by atoms with Crippen molar-refractivity contribution in [2.45, 2.75) is 32.9 Å². The minimum atomic E-state index is -0.722. The van der Waals surface area contributed by atoms with Crippen LogP contribution in [0.25, 0.3) is 0 Å². The molecule has 0 fully saturated rings. The number of nitrogens with zero attached hydrogens (tertiary/aromatic N) is 2. The fourth-order valence-corrected chi connectivity index (χ4v) is 1.52. The number of carbonyl (C=O) groups is 1. The lowest BCUT2D eigenvalue weighted by Gasteiger charge is -2.27. The van der Waals surface area contributed by atoms with E-state index in [0.717, 1.165) is 5.82 Å². The van der Waals surface area contributed by atoms with Crippen LogP contribution in [0.2, 0.25) is 0 Å². The van der Waals surface area contributed by atoms with Crippen molar-refractivity contribution in [3.63, 3.8) is 0 Å². The van der Waals surface area contributed by atoms with Crippen molar-refractivity contribution in [1.29, 1.82) is 0 Å². The summed E-state index contributed by atoms with van der Waals surface area (Å²) in [7, 11) is 0. The van der Waals surface area contributed by atoms with Crippen molar-refractivity contribution in [3.8, 4) is 0 Å². The van der Waals surface area contributed by atoms with Gasteiger partial charge in [-0.3, -0.25) is 4.79 Å². The third-order valence-electron chi connectivity index (χ3n) is 2.52. The number of amides is 1. The summed E-state index contributed by atoms with van der Waals surface area (Å²) in [5.41, 5.74) is 4.67. The highest BCUT2D eigenvalue weighted by Gasteiger charge is 2.30. The number of nitrogens with two attached hydrogens (primary N) is 1. The van der Waals surface area contributed by atoms with Crippen LogP contribution in [0.15, 0.2) is 12.4 Å². The minimum absolute atomic E-state index is 0.350. The van der Waals surface area contributed by atoms with E-state index in [-0.39, 0.29) is 5.91 Å². The molecule has 0 bridgehead atoms. The summed E-state index contributed by atoms with van der Waals surface area (Å²) < 4.78 is 1.91. The number of aryl methyl sites for hydroxylation is 1. The molecule has 0 radical (unpaired) electrons. The molecule has 1 unspecified atom stereocenters. The van der Waals surface area contributed by atoms with Crippen LogP contribution >= 0.6 is 0 Å². The summed E-state index contributed by atoms with van der Waals surface area (Å²) in [4.78, 5) is 15.5. The van der Waals surface area contributed by atoms with Gasteiger partial charge >= 0.3 is 0 Å². The van der Waals surface area contributed by atoms with E-state index in [2.05, 4.69) is 10.3 Å². The van der Waals surface area contributed by atoms with Crippen LogP contribution in [-0.4, -0.2) is 27.5 Å². The van der Waals surface area contributed by atoms with Crippen molar-refractivity contribution in [3.05, 3.63) is 18.2 Å². The Kier molecular flexibility index (Phi) is 3.47. The topological polar surface area (TPSA) is 72.9 Å². The SMILES string of the molecule is CCNC(C)(Cn1ccnc1C)C(N)=O. The van der Waals surface area contributed by atoms with Gasteiger partial charge in [-0.05, 0) is 20.4 Å². The maximum Gasteiger partial charge on any atom is 0.239 e. The summed E-state index contributed by atoms with van der Waals surface area (Å²) in [6.07, 6.45) is 3.55. The molecule has 1 aromatic heterocycles. The van der Waals surface area contributed by atoms with Crippen LogP contribution < -0.4 is 11.1 Å². The Morgan fingerprint density at radius 2 is 2.40 bits per heavy atom. The molecule has 0 aromatic carbocycles. The molecule has 1 heterocycles. The largest absolute Gasteiger partial charge is 0.368 e. The van der Waals surface area contributed by atoms with Gasteiger partial charge in [0.15, 0.2) is 0 Å². The predicted octanol–water partition coefficient (Wildman–Crippen LogP) is 0.0450. The van der Waals surface area contributed by atoms with Gasteiger partial charge in [-0.2, -0.15) is 0 Å². The van der Waals surface area contributed by atoms with E-state index in [0.29, 0.717) is 13.1 Å². The highest BCUT2D eigenvalue weighted by atomic mass is 16.1. The normalized spacial score (nSPS) is 14.9. The molecular weight excluding hydrogens is 192 g/mol. The summed E-state index contributed by atoms with van der Waals surface area (Å²) in [6.45, 7) is 6.85. The highest BCUT2D eigenvalue weighted by molar-refractivity contribution is 5.84. The zero-order valence-corrected chi connectivity index (χ0v) is 9.45. The summed E-state index contributed by atoms with van der Waals surface area (Å²) in [6, 6.07) is 0. The van der Waals surface area contributed by atoms with Gasteiger partial charge in [0.05, 0.1) is 6.54 Å². The van der Waals surface area contributed by atoms with Gasteiger partial charge in [-0.1, -0.05) is 6.92 Å². The first-order valence-electron chi connectivity index (χ1n) is 5.02. The second-order valence-corrected chi connectivity index (χ2v) is 3.83. The second kappa shape index (κ2) is 4.44. The molecule has 1 aromatic rings. The fourth-order valence-electron chi connectivity index (χ4n) is 1.52. The predicted molar refractivity (Wildman–Crippen MR) is 58.2 cm³/mol. The molecule has 5 nitrogen and oxygen atoms in total. The first-order chi connectivity index (χ1) is 6.99. The van der Waals surface area contributed by atoms with E-state index in [4.69, 9.17) is 5.73 Å². The van der Waals surface area contributed by atoms with E-state index in [1.807, 2.05) is 24.6 Å². The summed E-state index contributed by atoms with van der Waals surface area (Å²) in [5.74, 6) is 0.526. The molecule has 1 amide bonds. The maximum atomic E-state index is 11.4. The van der Waals surface area contributed by atoms with Gasteiger partial charge in [0.25, 0.3) is 0 Å². The Labute approximate surface area is 89.7 Å². The minimum Gasteiger partial charge on any atom is -0.368 e. The molecule has 1 rings (SSSR count). The van der Waals surface area contributed by atoms with Gasteiger partial charge in [0.1, 0.15) is 11.4 Å². The van der Waals surface area contributed by atoms with Gasteiger partial charge in [0, 0.05) is 12.4 Å². The Balaban J connectivity index is 2.84. The molecule has 0 aliphatic rings. The lowest BCUT2D eigenvalue weighted by Crippen LogP contribution is -2.55. The molecule has 15 heavy (non-hydrogen) atoms. The van der Waals surface area contributed by atoms with E-state index < -0.39 is 5.54 Å². The Morgan fingerprint density at radius 3 is 2.80 bits per heavy atom. The van der Waals surface area contributed by atoms with Crippen molar-refractivity contribution >= 4 is 5.91 Å². The van der Waals surface area contributed by atoms with Crippen LogP contribution in [0.5, 0.6) is 0 Å². The van der Waals surface area contributed by atoms with Gasteiger partial charge in [-0.15, -0.1) is 0 Å². The van der Waals surface area contributed by atoms with Crippen molar-refractivity contribution < 1.29 is 4.79 Å². The zero-order valence-electron chi connectivity index (χ0n) is 9.45. The van der Waals surface area contributed by atoms with E-state index in [1.54, 1.807) is 13.1 Å². The molecule has 0 aliphatic heterocycles. The van der Waals surface area contributed by atoms with Crippen molar-refractivity contribution in [2.75, 3.05) is 6.54 Å². The maximum absolute atomic E-state index is 11.4. The standard InChI is InChI=1S/C10H18N4O/c1-4-13-10(3,9(11)15)7-14-6-5-12-8(14)2/h5-6,13H,4,7H2,1-3H3,(H2,11,15). The third-order valence-corrected chi connectivity index (χ3v) is 2.52. The number of hydrogen-bond donors (Lipinski definition) is 2. The molecule has 3 N–H and O–H groups in total. The molecule has 0 aliphatic carbocycles. The number of rotatable bonds is 5. The first kappa shape index (κ1) is 11.7. The summed E-state index contributed by atoms with van der Waals surface area (Å²) in [5, 5.41) is 3.10. The zero-order chi connectivity index (χ0) is 11.5. The lowest BCUT2D eigenvalue weighted by atomic mass is 10.0. The smallest absolute Gasteiger partial charge is 0.239 e. The lowest BCUT2D eigenvalue weighted by molar-refractivity contribution is -0.124. The number of aromatic nitrogens is 2. The Morgan fingerprint density at radius 1 is 1.73 bits per heavy atom. The van der Waals surface area contributed by atoms with Crippen LogP contribution in [0.4, 0.5) is 0 Å². The number of imidazole rings is 1. The van der Waals surface area contributed by atoms with E-state index in [9.17, 15) is 4.79 Å². The molecule has 5 heteroatoms. The van der Waals surface area contributed by atoms with E-state index in [1.165, 1.54) is 0 Å². The Hall–Kier alpha value is -1.36. The number of nitrogens with one attached hydrogen (secondary N) is 1. The van der Waals surface area contributed by atoms with Crippen LogP contribution in [-0.2, 0) is 11.3 Å².